The van der Waals surface area contributed by atoms with Crippen LogP contribution >= 0.6 is 0 Å². The monoisotopic (exact) mass is 265 g/mol. The highest BCUT2D eigenvalue weighted by atomic mass is 16.1. The fraction of sp³-hybridized carbons (Fsp3) is 0.706. The van der Waals surface area contributed by atoms with Gasteiger partial charge in [0.1, 0.15) is 0 Å². The van der Waals surface area contributed by atoms with E-state index in [2.05, 4.69) is 24.4 Å². The Morgan fingerprint density at radius 2 is 1.47 bits per heavy atom. The molecule has 2 heteroatoms. The van der Waals surface area contributed by atoms with Crippen LogP contribution in [-0.4, -0.2) is 12.5 Å². The number of carbonyl (C=O) groups excluding carboxylic acids is 1. The van der Waals surface area contributed by atoms with Gasteiger partial charge >= 0.3 is 0 Å². The summed E-state index contributed by atoms with van der Waals surface area (Å²) in [5.41, 5.74) is 0. The molecular weight excluding hydrogens is 234 g/mol. The summed E-state index contributed by atoms with van der Waals surface area (Å²) < 4.78 is 0. The fourth-order valence-electron chi connectivity index (χ4n) is 1.92. The lowest BCUT2D eigenvalue weighted by Crippen LogP contribution is -2.19. The van der Waals surface area contributed by atoms with E-state index in [0.29, 0.717) is 6.54 Å². The van der Waals surface area contributed by atoms with Crippen LogP contribution in [0.3, 0.4) is 0 Å². The van der Waals surface area contributed by atoms with Gasteiger partial charge < -0.3 is 5.32 Å². The number of unbranched alkanes of at least 4 members (excludes halogenated alkanes) is 8. The van der Waals surface area contributed by atoms with Crippen molar-refractivity contribution in [2.24, 2.45) is 0 Å². The summed E-state index contributed by atoms with van der Waals surface area (Å²) in [5, 5.41) is 2.73. The summed E-state index contributed by atoms with van der Waals surface area (Å²) in [7, 11) is 0. The van der Waals surface area contributed by atoms with Crippen LogP contribution < -0.4 is 5.32 Å². The number of rotatable bonds is 12. The van der Waals surface area contributed by atoms with Crippen molar-refractivity contribution < 1.29 is 4.79 Å². The molecule has 0 aliphatic rings. The summed E-state index contributed by atoms with van der Waals surface area (Å²) in [4.78, 5) is 10.6. The molecule has 0 radical (unpaired) electrons. The molecule has 0 spiro atoms. The van der Waals surface area contributed by atoms with Crippen molar-refractivity contribution in [1.82, 2.24) is 5.32 Å². The molecule has 0 unspecified atom stereocenters. The molecule has 19 heavy (non-hydrogen) atoms. The largest absolute Gasteiger partial charge is 0.353 e. The minimum Gasteiger partial charge on any atom is -0.353 e. The Bertz CT molecular complexity index is 256. The number of carbonyl (C=O) groups is 1. The second-order valence-corrected chi connectivity index (χ2v) is 5.06. The van der Waals surface area contributed by atoms with Crippen LogP contribution in [0.15, 0.2) is 24.3 Å². The Kier molecular flexibility index (Phi) is 14.2. The van der Waals surface area contributed by atoms with Crippen molar-refractivity contribution in [3.05, 3.63) is 24.3 Å². The summed E-state index contributed by atoms with van der Waals surface area (Å²) in [6.45, 7) is 4.42. The standard InChI is InChI=1S/C17H31NO/c1-3-4-5-6-7-8-9-10-11-12-13-14-15-16-18-17(2)19/h12-15H,3-11,16H2,1-2H3,(H,18,19)/b13-12+,15-14+. The van der Waals surface area contributed by atoms with Crippen molar-refractivity contribution >= 4 is 5.91 Å². The molecular formula is C17H31NO. The molecule has 0 atom stereocenters. The van der Waals surface area contributed by atoms with E-state index in [0.717, 1.165) is 0 Å². The van der Waals surface area contributed by atoms with Gasteiger partial charge in [-0.1, -0.05) is 76.2 Å². The Morgan fingerprint density at radius 3 is 2.11 bits per heavy atom. The summed E-state index contributed by atoms with van der Waals surface area (Å²) in [6.07, 6.45) is 20.4. The number of hydrogen-bond donors (Lipinski definition) is 1. The van der Waals surface area contributed by atoms with Crippen LogP contribution in [0.25, 0.3) is 0 Å². The van der Waals surface area contributed by atoms with Crippen LogP contribution in [0.4, 0.5) is 0 Å². The minimum absolute atomic E-state index is 0.0209. The van der Waals surface area contributed by atoms with Gasteiger partial charge in [0.25, 0.3) is 0 Å². The summed E-state index contributed by atoms with van der Waals surface area (Å²) in [5.74, 6) is 0.0209. The van der Waals surface area contributed by atoms with E-state index in [4.69, 9.17) is 0 Å². The lowest BCUT2D eigenvalue weighted by molar-refractivity contribution is -0.118. The average molecular weight is 265 g/mol. The lowest BCUT2D eigenvalue weighted by atomic mass is 10.1. The van der Waals surface area contributed by atoms with E-state index in [9.17, 15) is 4.79 Å². The lowest BCUT2D eigenvalue weighted by Gasteiger charge is -1.99. The summed E-state index contributed by atoms with van der Waals surface area (Å²) in [6, 6.07) is 0. The first-order valence-electron chi connectivity index (χ1n) is 7.83. The van der Waals surface area contributed by atoms with E-state index in [-0.39, 0.29) is 5.91 Å². The van der Waals surface area contributed by atoms with E-state index < -0.39 is 0 Å². The third-order valence-electron chi connectivity index (χ3n) is 3.08. The Balaban J connectivity index is 3.18. The van der Waals surface area contributed by atoms with E-state index in [1.807, 2.05) is 12.2 Å². The smallest absolute Gasteiger partial charge is 0.217 e. The Hall–Kier alpha value is -1.05. The predicted octanol–water partition coefficient (Wildman–Crippen LogP) is 4.77. The van der Waals surface area contributed by atoms with Gasteiger partial charge in [0.2, 0.25) is 5.91 Å². The van der Waals surface area contributed by atoms with Gasteiger partial charge in [-0.2, -0.15) is 0 Å². The van der Waals surface area contributed by atoms with Crippen LogP contribution in [0.1, 0.15) is 71.6 Å². The van der Waals surface area contributed by atoms with Crippen LogP contribution in [-0.2, 0) is 4.79 Å². The maximum Gasteiger partial charge on any atom is 0.217 e. The second-order valence-electron chi connectivity index (χ2n) is 5.06. The molecule has 0 aromatic carbocycles. The van der Waals surface area contributed by atoms with Crippen molar-refractivity contribution in [3.8, 4) is 0 Å². The molecule has 0 heterocycles. The van der Waals surface area contributed by atoms with Crippen molar-refractivity contribution in [1.29, 1.82) is 0 Å². The van der Waals surface area contributed by atoms with Crippen molar-refractivity contribution in [2.45, 2.75) is 71.6 Å². The topological polar surface area (TPSA) is 29.1 Å². The van der Waals surface area contributed by atoms with Gasteiger partial charge in [0, 0.05) is 13.5 Å². The van der Waals surface area contributed by atoms with Gasteiger partial charge in [-0.25, -0.2) is 0 Å². The van der Waals surface area contributed by atoms with Crippen LogP contribution in [0.5, 0.6) is 0 Å². The normalized spacial score (nSPS) is 11.5. The molecule has 110 valence electrons. The molecule has 0 aromatic rings. The van der Waals surface area contributed by atoms with Crippen molar-refractivity contribution in [3.63, 3.8) is 0 Å². The van der Waals surface area contributed by atoms with Gasteiger partial charge in [-0.15, -0.1) is 0 Å². The van der Waals surface area contributed by atoms with Gasteiger partial charge in [0.05, 0.1) is 0 Å². The highest BCUT2D eigenvalue weighted by Gasteiger charge is 1.90. The van der Waals surface area contributed by atoms with Crippen molar-refractivity contribution in [2.75, 3.05) is 6.54 Å². The van der Waals surface area contributed by atoms with Gasteiger partial charge in [-0.05, 0) is 12.8 Å². The molecule has 0 fully saturated rings. The number of nitrogens with one attached hydrogen (secondary N) is 1. The maximum atomic E-state index is 10.6. The zero-order valence-corrected chi connectivity index (χ0v) is 12.8. The molecule has 1 N–H and O–H groups in total. The molecule has 2 nitrogen and oxygen atoms in total. The first-order valence-corrected chi connectivity index (χ1v) is 7.83. The maximum absolute atomic E-state index is 10.6. The summed E-state index contributed by atoms with van der Waals surface area (Å²) >= 11 is 0. The van der Waals surface area contributed by atoms with E-state index in [1.165, 1.54) is 64.7 Å². The fourth-order valence-corrected chi connectivity index (χ4v) is 1.92. The highest BCUT2D eigenvalue weighted by Crippen LogP contribution is 2.09. The molecule has 1 amide bonds. The van der Waals surface area contributed by atoms with Crippen LogP contribution in [0, 0.1) is 0 Å². The number of allylic oxidation sites excluding steroid dienone is 3. The molecule has 0 saturated carbocycles. The minimum atomic E-state index is 0.0209. The quantitative estimate of drug-likeness (QED) is 0.400. The third-order valence-corrected chi connectivity index (χ3v) is 3.08. The first kappa shape index (κ1) is 17.9. The number of hydrogen-bond acceptors (Lipinski definition) is 1. The first-order chi connectivity index (χ1) is 9.27. The molecule has 0 aliphatic carbocycles. The van der Waals surface area contributed by atoms with E-state index in [1.54, 1.807) is 0 Å². The van der Waals surface area contributed by atoms with Gasteiger partial charge in [-0.3, -0.25) is 4.79 Å². The zero-order valence-electron chi connectivity index (χ0n) is 12.8. The Morgan fingerprint density at radius 1 is 0.895 bits per heavy atom. The Labute approximate surface area is 119 Å². The zero-order chi connectivity index (χ0) is 14.2. The van der Waals surface area contributed by atoms with Crippen LogP contribution in [0.2, 0.25) is 0 Å². The highest BCUT2D eigenvalue weighted by molar-refractivity contribution is 5.72. The SMILES string of the molecule is CCCCCCCCCC/C=C/C=C/CNC(C)=O. The number of amides is 1. The molecule has 0 rings (SSSR count). The average Bonchev–Trinajstić information content (AvgIpc) is 2.39. The predicted molar refractivity (Wildman–Crippen MR) is 84.2 cm³/mol. The van der Waals surface area contributed by atoms with E-state index >= 15 is 0 Å². The molecule has 0 aromatic heterocycles. The molecule has 0 aliphatic heterocycles. The second kappa shape index (κ2) is 15.0. The molecule has 0 bridgehead atoms. The third kappa shape index (κ3) is 16.9. The van der Waals surface area contributed by atoms with Gasteiger partial charge in [0.15, 0.2) is 0 Å². The molecule has 0 saturated heterocycles.